The minimum absolute atomic E-state index is 0.470. The lowest BCUT2D eigenvalue weighted by atomic mass is 10.3. The standard InChI is InChI=1S/C12H18N2OS/c1-13-10-4-5-14-11(7-10)8-16-9-12-3-2-6-15-12/h4-5,7,12H,2-3,6,8-9H2,1H3,(H,13,14). The van der Waals surface area contributed by atoms with E-state index in [0.29, 0.717) is 6.10 Å². The Balaban J connectivity index is 1.75. The highest BCUT2D eigenvalue weighted by molar-refractivity contribution is 7.98. The minimum Gasteiger partial charge on any atom is -0.388 e. The number of anilines is 1. The fraction of sp³-hybridized carbons (Fsp3) is 0.583. The van der Waals surface area contributed by atoms with Crippen LogP contribution in [0.25, 0.3) is 0 Å². The van der Waals surface area contributed by atoms with Crippen molar-refractivity contribution in [2.75, 3.05) is 24.7 Å². The van der Waals surface area contributed by atoms with Crippen molar-refractivity contribution in [3.8, 4) is 0 Å². The molecule has 0 radical (unpaired) electrons. The van der Waals surface area contributed by atoms with Gasteiger partial charge in [-0.15, -0.1) is 0 Å². The van der Waals surface area contributed by atoms with Gasteiger partial charge in [-0.1, -0.05) is 0 Å². The Bertz CT molecular complexity index is 327. The summed E-state index contributed by atoms with van der Waals surface area (Å²) in [6.45, 7) is 0.943. The van der Waals surface area contributed by atoms with Gasteiger partial charge in [0.1, 0.15) is 0 Å². The Morgan fingerprint density at radius 3 is 3.31 bits per heavy atom. The average molecular weight is 238 g/mol. The van der Waals surface area contributed by atoms with E-state index < -0.39 is 0 Å². The van der Waals surface area contributed by atoms with E-state index in [4.69, 9.17) is 4.74 Å². The molecule has 1 aromatic heterocycles. The molecule has 4 heteroatoms. The van der Waals surface area contributed by atoms with E-state index in [0.717, 1.165) is 29.5 Å². The van der Waals surface area contributed by atoms with Crippen LogP contribution in [-0.2, 0) is 10.5 Å². The van der Waals surface area contributed by atoms with Gasteiger partial charge in [0.25, 0.3) is 0 Å². The first kappa shape index (κ1) is 11.7. The molecule has 1 saturated heterocycles. The molecule has 1 aromatic rings. The molecule has 2 rings (SSSR count). The molecule has 88 valence electrons. The minimum atomic E-state index is 0.470. The number of aromatic nitrogens is 1. The Morgan fingerprint density at radius 2 is 2.56 bits per heavy atom. The molecule has 0 aromatic carbocycles. The molecule has 0 bridgehead atoms. The molecule has 0 saturated carbocycles. The zero-order valence-corrected chi connectivity index (χ0v) is 10.4. The van der Waals surface area contributed by atoms with E-state index in [1.165, 1.54) is 12.8 Å². The molecule has 1 atom stereocenters. The predicted molar refractivity (Wildman–Crippen MR) is 68.9 cm³/mol. The number of hydrogen-bond donors (Lipinski definition) is 1. The molecule has 2 heterocycles. The fourth-order valence-electron chi connectivity index (χ4n) is 1.78. The number of nitrogens with one attached hydrogen (secondary N) is 1. The summed E-state index contributed by atoms with van der Waals surface area (Å²) in [4.78, 5) is 4.35. The van der Waals surface area contributed by atoms with Gasteiger partial charge < -0.3 is 10.1 Å². The molecule has 16 heavy (non-hydrogen) atoms. The van der Waals surface area contributed by atoms with E-state index >= 15 is 0 Å². The zero-order chi connectivity index (χ0) is 11.2. The number of nitrogens with zero attached hydrogens (tertiary/aromatic N) is 1. The third-order valence-corrected chi connectivity index (χ3v) is 3.79. The number of rotatable bonds is 5. The molecule has 0 aliphatic carbocycles. The topological polar surface area (TPSA) is 34.2 Å². The maximum absolute atomic E-state index is 5.58. The highest BCUT2D eigenvalue weighted by atomic mass is 32.2. The summed E-state index contributed by atoms with van der Waals surface area (Å²) in [6.07, 6.45) is 4.77. The normalized spacial score (nSPS) is 19.9. The second-order valence-corrected chi connectivity index (χ2v) is 4.97. The first-order valence-electron chi connectivity index (χ1n) is 5.70. The molecular weight excluding hydrogens is 220 g/mol. The Kier molecular flexibility index (Phi) is 4.48. The van der Waals surface area contributed by atoms with Crippen LogP contribution in [0.3, 0.4) is 0 Å². The molecule has 1 fully saturated rings. The van der Waals surface area contributed by atoms with Crippen molar-refractivity contribution in [2.45, 2.75) is 24.7 Å². The van der Waals surface area contributed by atoms with Gasteiger partial charge in [0.15, 0.2) is 0 Å². The van der Waals surface area contributed by atoms with Gasteiger partial charge in [-0.05, 0) is 25.0 Å². The highest BCUT2D eigenvalue weighted by Gasteiger charge is 2.14. The van der Waals surface area contributed by atoms with E-state index in [1.54, 1.807) is 0 Å². The summed E-state index contributed by atoms with van der Waals surface area (Å²) in [6, 6.07) is 4.08. The van der Waals surface area contributed by atoms with Gasteiger partial charge in [-0.3, -0.25) is 4.98 Å². The number of hydrogen-bond acceptors (Lipinski definition) is 4. The van der Waals surface area contributed by atoms with Crippen molar-refractivity contribution in [3.05, 3.63) is 24.0 Å². The van der Waals surface area contributed by atoms with Gasteiger partial charge in [-0.25, -0.2) is 0 Å². The van der Waals surface area contributed by atoms with Crippen LogP contribution in [0.4, 0.5) is 5.69 Å². The van der Waals surface area contributed by atoms with Gasteiger partial charge in [-0.2, -0.15) is 11.8 Å². The zero-order valence-electron chi connectivity index (χ0n) is 9.61. The second-order valence-electron chi connectivity index (χ2n) is 3.94. The Hall–Kier alpha value is -0.740. The molecule has 0 amide bonds. The van der Waals surface area contributed by atoms with Crippen LogP contribution in [-0.4, -0.2) is 30.5 Å². The van der Waals surface area contributed by atoms with Crippen molar-refractivity contribution in [3.63, 3.8) is 0 Å². The van der Waals surface area contributed by atoms with Crippen LogP contribution >= 0.6 is 11.8 Å². The predicted octanol–water partition coefficient (Wildman–Crippen LogP) is 2.54. The fourth-order valence-corrected chi connectivity index (χ4v) is 2.79. The van der Waals surface area contributed by atoms with Crippen molar-refractivity contribution in [1.82, 2.24) is 4.98 Å². The SMILES string of the molecule is CNc1ccnc(CSCC2CCCO2)c1. The van der Waals surface area contributed by atoms with Crippen LogP contribution in [0, 0.1) is 0 Å². The van der Waals surface area contributed by atoms with Crippen molar-refractivity contribution in [1.29, 1.82) is 0 Å². The van der Waals surface area contributed by atoms with Crippen molar-refractivity contribution < 1.29 is 4.74 Å². The third-order valence-electron chi connectivity index (χ3n) is 2.68. The number of thioether (sulfide) groups is 1. The lowest BCUT2D eigenvalue weighted by Gasteiger charge is -2.08. The summed E-state index contributed by atoms with van der Waals surface area (Å²) in [5.41, 5.74) is 2.26. The lowest BCUT2D eigenvalue weighted by molar-refractivity contribution is 0.129. The monoisotopic (exact) mass is 238 g/mol. The summed E-state index contributed by atoms with van der Waals surface area (Å²) in [7, 11) is 1.93. The Morgan fingerprint density at radius 1 is 1.62 bits per heavy atom. The molecule has 3 nitrogen and oxygen atoms in total. The van der Waals surface area contributed by atoms with Crippen LogP contribution < -0.4 is 5.32 Å². The molecule has 1 aliphatic heterocycles. The lowest BCUT2D eigenvalue weighted by Crippen LogP contribution is -2.08. The molecule has 1 aliphatic rings. The van der Waals surface area contributed by atoms with E-state index in [9.17, 15) is 0 Å². The maximum Gasteiger partial charge on any atom is 0.0666 e. The van der Waals surface area contributed by atoms with Gasteiger partial charge in [0.05, 0.1) is 11.8 Å². The summed E-state index contributed by atoms with van der Waals surface area (Å²) >= 11 is 1.91. The Labute approximate surface area is 101 Å². The smallest absolute Gasteiger partial charge is 0.0666 e. The van der Waals surface area contributed by atoms with Crippen molar-refractivity contribution >= 4 is 17.4 Å². The quantitative estimate of drug-likeness (QED) is 0.855. The van der Waals surface area contributed by atoms with Crippen LogP contribution in [0.1, 0.15) is 18.5 Å². The largest absolute Gasteiger partial charge is 0.388 e. The molecule has 1 N–H and O–H groups in total. The van der Waals surface area contributed by atoms with E-state index in [2.05, 4.69) is 16.4 Å². The first-order chi connectivity index (χ1) is 7.88. The summed E-state index contributed by atoms with van der Waals surface area (Å²) in [5.74, 6) is 2.06. The van der Waals surface area contributed by atoms with Crippen molar-refractivity contribution in [2.24, 2.45) is 0 Å². The van der Waals surface area contributed by atoms with Gasteiger partial charge in [0, 0.05) is 37.0 Å². The second kappa shape index (κ2) is 6.11. The highest BCUT2D eigenvalue weighted by Crippen LogP contribution is 2.20. The summed E-state index contributed by atoms with van der Waals surface area (Å²) < 4.78 is 5.58. The average Bonchev–Trinajstić information content (AvgIpc) is 2.82. The third kappa shape index (κ3) is 3.39. The molecular formula is C12H18N2OS. The number of pyridine rings is 1. The number of ether oxygens (including phenoxy) is 1. The van der Waals surface area contributed by atoms with Crippen LogP contribution in [0.15, 0.2) is 18.3 Å². The molecule has 0 spiro atoms. The van der Waals surface area contributed by atoms with Gasteiger partial charge >= 0.3 is 0 Å². The maximum atomic E-state index is 5.58. The van der Waals surface area contributed by atoms with Gasteiger partial charge in [0.2, 0.25) is 0 Å². The van der Waals surface area contributed by atoms with E-state index in [1.807, 2.05) is 31.1 Å². The first-order valence-corrected chi connectivity index (χ1v) is 6.86. The van der Waals surface area contributed by atoms with Crippen LogP contribution in [0.5, 0.6) is 0 Å². The van der Waals surface area contributed by atoms with E-state index in [-0.39, 0.29) is 0 Å². The van der Waals surface area contributed by atoms with Crippen LogP contribution in [0.2, 0.25) is 0 Å². The summed E-state index contributed by atoms with van der Waals surface area (Å²) in [5, 5.41) is 3.12. The molecule has 1 unspecified atom stereocenters.